The number of hydrogen-bond acceptors (Lipinski definition) is 3. The third kappa shape index (κ3) is 4.17. The molecule has 1 saturated heterocycles. The maximum Gasteiger partial charge on any atom is 0.170 e. The summed E-state index contributed by atoms with van der Waals surface area (Å²) in [6, 6.07) is 17.6. The molecule has 3 aromatic heterocycles. The molecule has 4 heterocycles. The van der Waals surface area contributed by atoms with Gasteiger partial charge in [0.1, 0.15) is 0 Å². The highest BCUT2D eigenvalue weighted by Gasteiger charge is 2.41. The third-order valence-corrected chi connectivity index (χ3v) is 7.10. The highest BCUT2D eigenvalue weighted by atomic mass is 35.5. The van der Waals surface area contributed by atoms with Gasteiger partial charge in [-0.1, -0.05) is 35.3 Å². The van der Waals surface area contributed by atoms with Crippen LogP contribution in [0.15, 0.2) is 73.2 Å². The molecule has 5 rings (SSSR count). The quantitative estimate of drug-likeness (QED) is 0.318. The van der Waals surface area contributed by atoms with Crippen LogP contribution in [0.5, 0.6) is 0 Å². The standard InChI is InChI=1S/C26H23Cl2N5S/c1-16-12-20(17(2)33(16)23-9-8-19(27)13-21(23)28)25-24(22-7-3-4-11-30-22)31-26(34)32(25)15-18-6-5-10-29-14-18/h3-14,24-25H,15H2,1-2H3,(H,31,34). The van der Waals surface area contributed by atoms with Gasteiger partial charge in [-0.15, -0.1) is 0 Å². The fourth-order valence-electron chi connectivity index (χ4n) is 4.72. The molecule has 0 spiro atoms. The van der Waals surface area contributed by atoms with Crippen molar-refractivity contribution in [3.8, 4) is 5.69 Å². The summed E-state index contributed by atoms with van der Waals surface area (Å²) in [5, 5.41) is 5.44. The highest BCUT2D eigenvalue weighted by Crippen LogP contribution is 2.42. The molecule has 1 aliphatic rings. The number of aromatic nitrogens is 3. The first-order chi connectivity index (χ1) is 16.4. The van der Waals surface area contributed by atoms with Gasteiger partial charge in [-0.3, -0.25) is 9.97 Å². The molecule has 5 nitrogen and oxygen atoms in total. The second kappa shape index (κ2) is 9.37. The van der Waals surface area contributed by atoms with E-state index in [9.17, 15) is 0 Å². The van der Waals surface area contributed by atoms with Crippen molar-refractivity contribution in [2.75, 3.05) is 0 Å². The van der Waals surface area contributed by atoms with Crippen molar-refractivity contribution < 1.29 is 0 Å². The Morgan fingerprint density at radius 3 is 2.59 bits per heavy atom. The number of pyridine rings is 2. The molecule has 0 bridgehead atoms. The molecule has 1 N–H and O–H groups in total. The lowest BCUT2D eigenvalue weighted by Gasteiger charge is -2.28. The zero-order valence-electron chi connectivity index (χ0n) is 18.7. The average molecular weight is 508 g/mol. The second-order valence-corrected chi connectivity index (χ2v) is 9.60. The zero-order chi connectivity index (χ0) is 23.8. The minimum absolute atomic E-state index is 0.0615. The van der Waals surface area contributed by atoms with E-state index in [1.807, 2.05) is 48.8 Å². The Labute approximate surface area is 214 Å². The van der Waals surface area contributed by atoms with Crippen molar-refractivity contribution in [1.29, 1.82) is 0 Å². The summed E-state index contributed by atoms with van der Waals surface area (Å²) in [5.74, 6) is 0. The molecule has 8 heteroatoms. The summed E-state index contributed by atoms with van der Waals surface area (Å²) < 4.78 is 2.17. The van der Waals surface area contributed by atoms with E-state index in [0.29, 0.717) is 21.7 Å². The number of halogens is 2. The largest absolute Gasteiger partial charge is 0.352 e. The van der Waals surface area contributed by atoms with Crippen molar-refractivity contribution in [2.24, 2.45) is 0 Å². The minimum Gasteiger partial charge on any atom is -0.352 e. The minimum atomic E-state index is -0.0972. The van der Waals surface area contributed by atoms with Crippen LogP contribution in [0.3, 0.4) is 0 Å². The van der Waals surface area contributed by atoms with Gasteiger partial charge >= 0.3 is 0 Å². The van der Waals surface area contributed by atoms with E-state index in [4.69, 9.17) is 35.4 Å². The van der Waals surface area contributed by atoms with Gasteiger partial charge in [0.15, 0.2) is 5.11 Å². The van der Waals surface area contributed by atoms with Crippen LogP contribution in [0.25, 0.3) is 5.69 Å². The van der Waals surface area contributed by atoms with E-state index in [2.05, 4.69) is 50.7 Å². The predicted molar refractivity (Wildman–Crippen MR) is 140 cm³/mol. The number of nitrogens with zero attached hydrogens (tertiary/aromatic N) is 4. The van der Waals surface area contributed by atoms with Crippen LogP contribution in [0.1, 0.15) is 40.3 Å². The monoisotopic (exact) mass is 507 g/mol. The van der Waals surface area contributed by atoms with Crippen LogP contribution in [-0.2, 0) is 6.54 Å². The normalized spacial score (nSPS) is 17.8. The highest BCUT2D eigenvalue weighted by molar-refractivity contribution is 7.80. The Hall–Kier alpha value is -2.93. The topological polar surface area (TPSA) is 46.0 Å². The van der Waals surface area contributed by atoms with Gasteiger partial charge < -0.3 is 14.8 Å². The van der Waals surface area contributed by atoms with Crippen LogP contribution in [0.4, 0.5) is 0 Å². The van der Waals surface area contributed by atoms with Crippen molar-refractivity contribution in [3.05, 3.63) is 111 Å². The predicted octanol–water partition coefficient (Wildman–Crippen LogP) is 6.36. The van der Waals surface area contributed by atoms with Crippen LogP contribution >= 0.6 is 35.4 Å². The zero-order valence-corrected chi connectivity index (χ0v) is 21.1. The molecular weight excluding hydrogens is 485 g/mol. The molecule has 2 unspecified atom stereocenters. The lowest BCUT2D eigenvalue weighted by molar-refractivity contribution is 0.310. The van der Waals surface area contributed by atoms with Crippen molar-refractivity contribution in [2.45, 2.75) is 32.5 Å². The van der Waals surface area contributed by atoms with Gasteiger partial charge in [0.05, 0.1) is 28.5 Å². The Morgan fingerprint density at radius 1 is 1.03 bits per heavy atom. The van der Waals surface area contributed by atoms with Crippen molar-refractivity contribution in [1.82, 2.24) is 24.8 Å². The van der Waals surface area contributed by atoms with Gasteiger partial charge in [-0.2, -0.15) is 0 Å². The molecule has 0 radical (unpaired) electrons. The molecule has 4 aromatic rings. The first-order valence-electron chi connectivity index (χ1n) is 11.0. The molecule has 0 amide bonds. The summed E-state index contributed by atoms with van der Waals surface area (Å²) in [4.78, 5) is 11.2. The Bertz CT molecular complexity index is 1340. The molecule has 34 heavy (non-hydrogen) atoms. The first kappa shape index (κ1) is 22.8. The smallest absolute Gasteiger partial charge is 0.170 e. The number of rotatable bonds is 5. The number of hydrogen-bond donors (Lipinski definition) is 1. The van der Waals surface area contributed by atoms with Gasteiger partial charge in [0, 0.05) is 41.5 Å². The lowest BCUT2D eigenvalue weighted by atomic mass is 9.96. The molecule has 0 saturated carbocycles. The Balaban J connectivity index is 1.63. The van der Waals surface area contributed by atoms with Gasteiger partial charge in [-0.25, -0.2) is 0 Å². The second-order valence-electron chi connectivity index (χ2n) is 8.37. The third-order valence-electron chi connectivity index (χ3n) is 6.21. The molecular formula is C26H23Cl2N5S. The SMILES string of the molecule is Cc1cc(C2C(c3ccccn3)NC(=S)N2Cc2cccnc2)c(C)n1-c1ccc(Cl)cc1Cl. The van der Waals surface area contributed by atoms with E-state index in [-0.39, 0.29) is 12.1 Å². The maximum absolute atomic E-state index is 6.59. The van der Waals surface area contributed by atoms with Crippen molar-refractivity contribution in [3.63, 3.8) is 0 Å². The van der Waals surface area contributed by atoms with E-state index >= 15 is 0 Å². The Kier molecular flexibility index (Phi) is 6.30. The molecule has 0 aliphatic carbocycles. The molecule has 1 aromatic carbocycles. The van der Waals surface area contributed by atoms with Crippen LogP contribution in [0.2, 0.25) is 10.0 Å². The van der Waals surface area contributed by atoms with Crippen molar-refractivity contribution >= 4 is 40.5 Å². The molecule has 1 aliphatic heterocycles. The van der Waals surface area contributed by atoms with E-state index in [0.717, 1.165) is 33.9 Å². The van der Waals surface area contributed by atoms with E-state index in [1.165, 1.54) is 0 Å². The number of benzene rings is 1. The average Bonchev–Trinajstić information content (AvgIpc) is 3.30. The van der Waals surface area contributed by atoms with Crippen LogP contribution in [-0.4, -0.2) is 24.5 Å². The van der Waals surface area contributed by atoms with Gasteiger partial charge in [-0.05, 0) is 79.7 Å². The molecule has 2 atom stereocenters. The summed E-state index contributed by atoms with van der Waals surface area (Å²) in [6.07, 6.45) is 5.48. The Morgan fingerprint density at radius 2 is 1.88 bits per heavy atom. The fourth-order valence-corrected chi connectivity index (χ4v) is 5.52. The van der Waals surface area contributed by atoms with Crippen LogP contribution in [0, 0.1) is 13.8 Å². The van der Waals surface area contributed by atoms with E-state index in [1.54, 1.807) is 12.3 Å². The maximum atomic E-state index is 6.59. The van der Waals surface area contributed by atoms with Gasteiger partial charge in [0.25, 0.3) is 0 Å². The summed E-state index contributed by atoms with van der Waals surface area (Å²) in [5.41, 5.74) is 6.26. The number of nitrogens with one attached hydrogen (secondary N) is 1. The summed E-state index contributed by atoms with van der Waals surface area (Å²) in [7, 11) is 0. The van der Waals surface area contributed by atoms with Crippen LogP contribution < -0.4 is 5.32 Å². The molecule has 172 valence electrons. The fraction of sp³-hybridized carbons (Fsp3) is 0.192. The first-order valence-corrected chi connectivity index (χ1v) is 12.1. The van der Waals surface area contributed by atoms with Gasteiger partial charge in [0.2, 0.25) is 0 Å². The lowest BCUT2D eigenvalue weighted by Crippen LogP contribution is -2.29. The summed E-state index contributed by atoms with van der Waals surface area (Å²) in [6.45, 7) is 4.84. The number of aryl methyl sites for hydroxylation is 1. The number of thiocarbonyl (C=S) groups is 1. The molecule has 1 fully saturated rings. The van der Waals surface area contributed by atoms with E-state index < -0.39 is 0 Å². The summed E-state index contributed by atoms with van der Waals surface area (Å²) >= 11 is 18.6.